The second kappa shape index (κ2) is 9.68. The van der Waals surface area contributed by atoms with Crippen LogP contribution in [-0.2, 0) is 6.42 Å². The molecule has 1 amide bonds. The van der Waals surface area contributed by atoms with Gasteiger partial charge in [0.1, 0.15) is 17.3 Å². The van der Waals surface area contributed by atoms with Gasteiger partial charge in [0, 0.05) is 18.4 Å². The Morgan fingerprint density at radius 1 is 1.10 bits per heavy atom. The van der Waals surface area contributed by atoms with E-state index in [1.165, 1.54) is 12.1 Å². The van der Waals surface area contributed by atoms with Crippen molar-refractivity contribution in [2.24, 2.45) is 0 Å². The van der Waals surface area contributed by atoms with Crippen LogP contribution < -0.4 is 15.4 Å². The number of aromatic nitrogens is 1. The fourth-order valence-electron chi connectivity index (χ4n) is 2.78. The minimum atomic E-state index is -0.313. The number of carbonyl (C=O) groups is 1. The summed E-state index contributed by atoms with van der Waals surface area (Å²) in [6.45, 7) is 4.52. The fourth-order valence-corrected chi connectivity index (χ4v) is 2.78. The van der Waals surface area contributed by atoms with Crippen molar-refractivity contribution >= 4 is 17.3 Å². The molecular formula is C23H24FN3O2. The van der Waals surface area contributed by atoms with Crippen LogP contribution in [-0.4, -0.2) is 23.5 Å². The van der Waals surface area contributed by atoms with E-state index in [0.717, 1.165) is 17.7 Å². The lowest BCUT2D eigenvalue weighted by atomic mass is 10.1. The van der Waals surface area contributed by atoms with E-state index in [9.17, 15) is 9.18 Å². The summed E-state index contributed by atoms with van der Waals surface area (Å²) in [7, 11) is 0. The summed E-state index contributed by atoms with van der Waals surface area (Å²) >= 11 is 0. The van der Waals surface area contributed by atoms with Crippen LogP contribution in [0.1, 0.15) is 29.9 Å². The van der Waals surface area contributed by atoms with Crippen LogP contribution in [0.4, 0.5) is 15.8 Å². The second-order valence-corrected chi connectivity index (χ2v) is 6.85. The number of pyridine rings is 1. The van der Waals surface area contributed by atoms with Crippen LogP contribution >= 0.6 is 0 Å². The summed E-state index contributed by atoms with van der Waals surface area (Å²) < 4.78 is 18.7. The van der Waals surface area contributed by atoms with Crippen molar-refractivity contribution in [2.45, 2.75) is 26.4 Å². The van der Waals surface area contributed by atoms with Gasteiger partial charge < -0.3 is 15.4 Å². The van der Waals surface area contributed by atoms with Crippen LogP contribution in [0, 0.1) is 5.82 Å². The molecule has 0 aliphatic rings. The molecular weight excluding hydrogens is 369 g/mol. The maximum absolute atomic E-state index is 13.0. The SMILES string of the molecule is CC(C)Oc1ccccc1NC(=O)c1cc(NCCc2ccc(F)cc2)ccn1. The lowest BCUT2D eigenvalue weighted by Crippen LogP contribution is -2.16. The Labute approximate surface area is 169 Å². The first kappa shape index (κ1) is 20.3. The number of hydrogen-bond donors (Lipinski definition) is 2. The number of hydrogen-bond acceptors (Lipinski definition) is 4. The van der Waals surface area contributed by atoms with E-state index < -0.39 is 0 Å². The van der Waals surface area contributed by atoms with Gasteiger partial charge in [-0.3, -0.25) is 9.78 Å². The minimum absolute atomic E-state index is 0.000174. The van der Waals surface area contributed by atoms with Crippen molar-refractivity contribution in [3.05, 3.63) is 83.9 Å². The Hall–Kier alpha value is -3.41. The Morgan fingerprint density at radius 3 is 2.62 bits per heavy atom. The lowest BCUT2D eigenvalue weighted by molar-refractivity contribution is 0.102. The molecule has 150 valence electrons. The van der Waals surface area contributed by atoms with E-state index in [2.05, 4.69) is 15.6 Å². The number of rotatable bonds is 8. The van der Waals surface area contributed by atoms with Crippen molar-refractivity contribution in [1.29, 1.82) is 0 Å². The monoisotopic (exact) mass is 393 g/mol. The molecule has 6 heteroatoms. The molecule has 1 aromatic heterocycles. The normalized spacial score (nSPS) is 10.6. The number of para-hydroxylation sites is 2. The third kappa shape index (κ3) is 6.04. The van der Waals surface area contributed by atoms with E-state index in [4.69, 9.17) is 4.74 Å². The van der Waals surface area contributed by atoms with Gasteiger partial charge >= 0.3 is 0 Å². The molecule has 3 aromatic rings. The number of nitrogens with zero attached hydrogens (tertiary/aromatic N) is 1. The molecule has 29 heavy (non-hydrogen) atoms. The number of benzene rings is 2. The summed E-state index contributed by atoms with van der Waals surface area (Å²) in [5, 5.41) is 6.12. The Balaban J connectivity index is 1.61. The van der Waals surface area contributed by atoms with Gasteiger partial charge in [-0.2, -0.15) is 0 Å². The van der Waals surface area contributed by atoms with Crippen LogP contribution in [0.25, 0.3) is 0 Å². The van der Waals surface area contributed by atoms with Gasteiger partial charge in [-0.05, 0) is 62.2 Å². The predicted octanol–water partition coefficient (Wildman–Crippen LogP) is 4.91. The zero-order chi connectivity index (χ0) is 20.6. The van der Waals surface area contributed by atoms with Gasteiger partial charge in [-0.1, -0.05) is 24.3 Å². The molecule has 2 N–H and O–H groups in total. The van der Waals surface area contributed by atoms with Crippen molar-refractivity contribution < 1.29 is 13.9 Å². The van der Waals surface area contributed by atoms with Crippen molar-refractivity contribution in [2.75, 3.05) is 17.2 Å². The first-order valence-electron chi connectivity index (χ1n) is 9.52. The molecule has 0 atom stereocenters. The highest BCUT2D eigenvalue weighted by molar-refractivity contribution is 6.04. The second-order valence-electron chi connectivity index (χ2n) is 6.85. The van der Waals surface area contributed by atoms with Crippen LogP contribution in [0.3, 0.4) is 0 Å². The van der Waals surface area contributed by atoms with Crippen LogP contribution in [0.15, 0.2) is 66.9 Å². The van der Waals surface area contributed by atoms with Crippen molar-refractivity contribution in [3.63, 3.8) is 0 Å². The molecule has 0 aliphatic carbocycles. The quantitative estimate of drug-likeness (QED) is 0.570. The van der Waals surface area contributed by atoms with Crippen LogP contribution in [0.2, 0.25) is 0 Å². The van der Waals surface area contributed by atoms with Gasteiger partial charge in [0.15, 0.2) is 0 Å². The van der Waals surface area contributed by atoms with E-state index in [-0.39, 0.29) is 17.8 Å². The lowest BCUT2D eigenvalue weighted by Gasteiger charge is -2.14. The topological polar surface area (TPSA) is 63.2 Å². The fraction of sp³-hybridized carbons (Fsp3) is 0.217. The molecule has 0 bridgehead atoms. The van der Waals surface area contributed by atoms with Gasteiger partial charge in [-0.25, -0.2) is 4.39 Å². The first-order valence-corrected chi connectivity index (χ1v) is 9.52. The smallest absolute Gasteiger partial charge is 0.274 e. The molecule has 0 saturated carbocycles. The predicted molar refractivity (Wildman–Crippen MR) is 113 cm³/mol. The number of amides is 1. The summed E-state index contributed by atoms with van der Waals surface area (Å²) in [5.41, 5.74) is 2.73. The highest BCUT2D eigenvalue weighted by atomic mass is 19.1. The van der Waals surface area contributed by atoms with E-state index in [1.807, 2.05) is 32.0 Å². The number of nitrogens with one attached hydrogen (secondary N) is 2. The maximum atomic E-state index is 13.0. The third-order valence-corrected chi connectivity index (χ3v) is 4.15. The zero-order valence-corrected chi connectivity index (χ0v) is 16.5. The number of anilines is 2. The average Bonchev–Trinajstić information content (AvgIpc) is 2.71. The highest BCUT2D eigenvalue weighted by Crippen LogP contribution is 2.25. The molecule has 1 heterocycles. The van der Waals surface area contributed by atoms with E-state index in [1.54, 1.807) is 36.5 Å². The summed E-state index contributed by atoms with van der Waals surface area (Å²) in [6, 6.07) is 17.2. The zero-order valence-electron chi connectivity index (χ0n) is 16.5. The van der Waals surface area contributed by atoms with Crippen molar-refractivity contribution in [1.82, 2.24) is 4.98 Å². The molecule has 5 nitrogen and oxygen atoms in total. The summed E-state index contributed by atoms with van der Waals surface area (Å²) in [4.78, 5) is 16.8. The van der Waals surface area contributed by atoms with E-state index in [0.29, 0.717) is 23.7 Å². The standard InChI is InChI=1S/C23H24FN3O2/c1-16(2)29-22-6-4-3-5-20(22)27-23(28)21-15-19(12-14-26-21)25-13-11-17-7-9-18(24)10-8-17/h3-10,12,14-16H,11,13H2,1-2H3,(H,25,26)(H,27,28). The Kier molecular flexibility index (Phi) is 6.79. The number of halogens is 1. The first-order chi connectivity index (χ1) is 14.0. The molecule has 0 spiro atoms. The van der Waals surface area contributed by atoms with Gasteiger partial charge in [-0.15, -0.1) is 0 Å². The molecule has 3 rings (SSSR count). The Bertz CT molecular complexity index is 958. The molecule has 0 aliphatic heterocycles. The molecule has 0 fully saturated rings. The van der Waals surface area contributed by atoms with Crippen LogP contribution in [0.5, 0.6) is 5.75 Å². The summed E-state index contributed by atoms with van der Waals surface area (Å²) in [5.74, 6) is 0.0586. The molecule has 0 saturated heterocycles. The molecule has 2 aromatic carbocycles. The van der Waals surface area contributed by atoms with Gasteiger partial charge in [0.2, 0.25) is 0 Å². The average molecular weight is 393 g/mol. The Morgan fingerprint density at radius 2 is 1.86 bits per heavy atom. The molecule has 0 radical (unpaired) electrons. The van der Waals surface area contributed by atoms with Gasteiger partial charge in [0.25, 0.3) is 5.91 Å². The minimum Gasteiger partial charge on any atom is -0.489 e. The van der Waals surface area contributed by atoms with Gasteiger partial charge in [0.05, 0.1) is 11.8 Å². The largest absolute Gasteiger partial charge is 0.489 e. The third-order valence-electron chi connectivity index (χ3n) is 4.15. The number of carbonyl (C=O) groups excluding carboxylic acids is 1. The number of ether oxygens (including phenoxy) is 1. The summed E-state index contributed by atoms with van der Waals surface area (Å²) in [6.07, 6.45) is 2.33. The highest BCUT2D eigenvalue weighted by Gasteiger charge is 2.12. The maximum Gasteiger partial charge on any atom is 0.274 e. The van der Waals surface area contributed by atoms with E-state index >= 15 is 0 Å². The van der Waals surface area contributed by atoms with Crippen molar-refractivity contribution in [3.8, 4) is 5.75 Å². The molecule has 0 unspecified atom stereocenters.